The van der Waals surface area contributed by atoms with Crippen LogP contribution in [-0.4, -0.2) is 4.57 Å². The van der Waals surface area contributed by atoms with Gasteiger partial charge in [-0.2, -0.15) is 0 Å². The first-order chi connectivity index (χ1) is 37.2. The Hall–Kier alpha value is -9.96. The van der Waals surface area contributed by atoms with Gasteiger partial charge in [0.25, 0.3) is 0 Å². The largest absolute Gasteiger partial charge is 0.455 e. The standard InChI is InChI=1S/C72H43NO2/c1-2-16-51-44(14-1)15-11-23-52(51)45-30-32-46(33-31-45)69-57-19-3-5-21-59(57)70(60-22-6-4-20-58(60)69)47-34-38-50(39-35-47)73-65-40-36-48(53-24-12-26-61-55-17-7-9-28-67(55)74-71(53)61)42-63(65)64-43-49(37-41-66(64)73)54-25-13-27-62-56-18-8-10-29-68(56)75-72(54)62/h1-43H. The van der Waals surface area contributed by atoms with E-state index in [1.807, 2.05) is 12.1 Å². The van der Waals surface area contributed by atoms with Crippen molar-refractivity contribution in [3.63, 3.8) is 0 Å². The van der Waals surface area contributed by atoms with E-state index in [4.69, 9.17) is 8.83 Å². The summed E-state index contributed by atoms with van der Waals surface area (Å²) in [6, 6.07) is 94.8. The van der Waals surface area contributed by atoms with E-state index in [1.54, 1.807) is 0 Å². The smallest absolute Gasteiger partial charge is 0.143 e. The molecule has 3 heteroatoms. The lowest BCUT2D eigenvalue weighted by molar-refractivity contribution is 0.669. The van der Waals surface area contributed by atoms with Gasteiger partial charge in [-0.25, -0.2) is 0 Å². The first-order valence-electron chi connectivity index (χ1n) is 25.7. The van der Waals surface area contributed by atoms with Crippen LogP contribution < -0.4 is 0 Å². The van der Waals surface area contributed by atoms with Crippen molar-refractivity contribution in [1.29, 1.82) is 0 Å². The summed E-state index contributed by atoms with van der Waals surface area (Å²) in [5, 5.41) is 14.3. The van der Waals surface area contributed by atoms with E-state index in [0.29, 0.717) is 0 Å². The van der Waals surface area contributed by atoms with Crippen LogP contribution in [0.5, 0.6) is 0 Å². The predicted octanol–water partition coefficient (Wildman–Crippen LogP) is 20.4. The Balaban J connectivity index is 0.854. The molecule has 0 spiro atoms. The quantitative estimate of drug-likeness (QED) is 0.156. The molecule has 0 aliphatic carbocycles. The second-order valence-corrected chi connectivity index (χ2v) is 19.9. The topological polar surface area (TPSA) is 31.2 Å². The minimum atomic E-state index is 0.894. The van der Waals surface area contributed by atoms with Crippen molar-refractivity contribution in [2.75, 3.05) is 0 Å². The van der Waals surface area contributed by atoms with Crippen molar-refractivity contribution in [2.24, 2.45) is 0 Å². The van der Waals surface area contributed by atoms with Crippen LogP contribution in [0.2, 0.25) is 0 Å². The fourth-order valence-electron chi connectivity index (χ4n) is 12.4. The Morgan fingerprint density at radius 1 is 0.240 bits per heavy atom. The van der Waals surface area contributed by atoms with Gasteiger partial charge in [-0.1, -0.05) is 212 Å². The number of fused-ring (bicyclic) bond motifs is 12. The van der Waals surface area contributed by atoms with Crippen LogP contribution in [0.25, 0.3) is 159 Å². The van der Waals surface area contributed by atoms with Crippen LogP contribution in [0.15, 0.2) is 270 Å². The molecule has 3 aromatic heterocycles. The number of nitrogens with zero attached hydrogens (tertiary/aromatic N) is 1. The molecule has 0 N–H and O–H groups in total. The summed E-state index contributed by atoms with van der Waals surface area (Å²) in [4.78, 5) is 0. The lowest BCUT2D eigenvalue weighted by Crippen LogP contribution is -1.95. The molecule has 0 atom stereocenters. The maximum atomic E-state index is 6.60. The van der Waals surface area contributed by atoms with Gasteiger partial charge < -0.3 is 13.4 Å². The van der Waals surface area contributed by atoms with Crippen molar-refractivity contribution in [2.45, 2.75) is 0 Å². The zero-order chi connectivity index (χ0) is 49.1. The molecular weight excluding hydrogens is 911 g/mol. The summed E-state index contributed by atoms with van der Waals surface area (Å²) in [5.41, 5.74) is 18.6. The van der Waals surface area contributed by atoms with Crippen molar-refractivity contribution in [1.82, 2.24) is 4.57 Å². The zero-order valence-corrected chi connectivity index (χ0v) is 40.6. The molecule has 0 unspecified atom stereocenters. The third-order valence-electron chi connectivity index (χ3n) is 15.8. The van der Waals surface area contributed by atoms with Crippen LogP contribution in [0, 0.1) is 0 Å². The number of hydrogen-bond donors (Lipinski definition) is 0. The summed E-state index contributed by atoms with van der Waals surface area (Å²) < 4.78 is 15.6. The fourth-order valence-corrected chi connectivity index (χ4v) is 12.4. The van der Waals surface area contributed by atoms with Gasteiger partial charge in [0.1, 0.15) is 22.3 Å². The molecule has 0 saturated carbocycles. The van der Waals surface area contributed by atoms with Crippen LogP contribution in [0.4, 0.5) is 0 Å². The van der Waals surface area contributed by atoms with Crippen molar-refractivity contribution >= 4 is 98.0 Å². The number of hydrogen-bond acceptors (Lipinski definition) is 2. The normalized spacial score (nSPS) is 12.0. The molecule has 3 nitrogen and oxygen atoms in total. The Bertz CT molecular complexity index is 4760. The minimum absolute atomic E-state index is 0.894. The highest BCUT2D eigenvalue weighted by Gasteiger charge is 2.21. The van der Waals surface area contributed by atoms with E-state index < -0.39 is 0 Å². The molecule has 348 valence electrons. The van der Waals surface area contributed by atoms with Crippen LogP contribution in [0.1, 0.15) is 0 Å². The van der Waals surface area contributed by atoms with Crippen LogP contribution >= 0.6 is 0 Å². The molecule has 0 fully saturated rings. The Morgan fingerprint density at radius 3 is 1.13 bits per heavy atom. The highest BCUT2D eigenvalue weighted by atomic mass is 16.3. The van der Waals surface area contributed by atoms with E-state index in [-0.39, 0.29) is 0 Å². The predicted molar refractivity (Wildman–Crippen MR) is 315 cm³/mol. The molecule has 0 aliphatic rings. The second kappa shape index (κ2) is 16.3. The molecular formula is C72H43NO2. The van der Waals surface area contributed by atoms with Gasteiger partial charge in [0.2, 0.25) is 0 Å². The first-order valence-corrected chi connectivity index (χ1v) is 25.7. The third kappa shape index (κ3) is 6.35. The number of para-hydroxylation sites is 4. The Kier molecular flexibility index (Phi) is 9.04. The molecule has 0 amide bonds. The first kappa shape index (κ1) is 41.6. The summed E-state index contributed by atoms with van der Waals surface area (Å²) in [6.45, 7) is 0. The van der Waals surface area contributed by atoms with E-state index in [9.17, 15) is 0 Å². The zero-order valence-electron chi connectivity index (χ0n) is 40.6. The number of aromatic nitrogens is 1. The van der Waals surface area contributed by atoms with Gasteiger partial charge in [-0.15, -0.1) is 0 Å². The van der Waals surface area contributed by atoms with Gasteiger partial charge in [-0.05, 0) is 125 Å². The molecule has 16 rings (SSSR count). The monoisotopic (exact) mass is 953 g/mol. The molecule has 0 saturated heterocycles. The van der Waals surface area contributed by atoms with Gasteiger partial charge in [-0.3, -0.25) is 0 Å². The average Bonchev–Trinajstić information content (AvgIpc) is 4.20. The van der Waals surface area contributed by atoms with E-state index in [0.717, 1.165) is 93.6 Å². The highest BCUT2D eigenvalue weighted by molar-refractivity contribution is 6.22. The van der Waals surface area contributed by atoms with Gasteiger partial charge in [0.15, 0.2) is 0 Å². The molecule has 3 heterocycles. The molecule has 16 aromatic rings. The van der Waals surface area contributed by atoms with Crippen LogP contribution in [-0.2, 0) is 0 Å². The number of rotatable bonds is 6. The molecule has 13 aromatic carbocycles. The third-order valence-corrected chi connectivity index (χ3v) is 15.8. The molecule has 0 bridgehead atoms. The maximum Gasteiger partial charge on any atom is 0.143 e. The highest BCUT2D eigenvalue weighted by Crippen LogP contribution is 2.46. The van der Waals surface area contributed by atoms with Crippen LogP contribution in [0.3, 0.4) is 0 Å². The van der Waals surface area contributed by atoms with Crippen molar-refractivity contribution < 1.29 is 8.83 Å². The Morgan fingerprint density at radius 2 is 0.613 bits per heavy atom. The lowest BCUT2D eigenvalue weighted by Gasteiger charge is -2.18. The average molecular weight is 954 g/mol. The Labute approximate surface area is 431 Å². The summed E-state index contributed by atoms with van der Waals surface area (Å²) in [6.07, 6.45) is 0. The summed E-state index contributed by atoms with van der Waals surface area (Å²) in [7, 11) is 0. The maximum absolute atomic E-state index is 6.60. The number of benzene rings is 13. The van der Waals surface area contributed by atoms with E-state index >= 15 is 0 Å². The summed E-state index contributed by atoms with van der Waals surface area (Å²) in [5.74, 6) is 0. The van der Waals surface area contributed by atoms with Gasteiger partial charge >= 0.3 is 0 Å². The fraction of sp³-hybridized carbons (Fsp3) is 0. The molecule has 0 radical (unpaired) electrons. The minimum Gasteiger partial charge on any atom is -0.455 e. The van der Waals surface area contributed by atoms with Gasteiger partial charge in [0, 0.05) is 49.1 Å². The van der Waals surface area contributed by atoms with Gasteiger partial charge in [0.05, 0.1) is 11.0 Å². The number of furan rings is 2. The van der Waals surface area contributed by atoms with E-state index in [2.05, 4.69) is 253 Å². The van der Waals surface area contributed by atoms with Crippen molar-refractivity contribution in [3.8, 4) is 61.3 Å². The second-order valence-electron chi connectivity index (χ2n) is 19.9. The summed E-state index contributed by atoms with van der Waals surface area (Å²) >= 11 is 0. The SMILES string of the molecule is c1ccc2c(-c3ccc(-c4c5ccccc5c(-c5ccc(-n6c7ccc(-c8cccc9c8oc8ccccc89)cc7c7cc(-c8cccc9c8oc8ccccc89)ccc76)cc5)c5ccccc45)cc3)cccc2c1. The van der Waals surface area contributed by atoms with E-state index in [1.165, 1.54) is 65.7 Å². The lowest BCUT2D eigenvalue weighted by atomic mass is 9.85. The molecule has 0 aliphatic heterocycles. The molecule has 75 heavy (non-hydrogen) atoms. The van der Waals surface area contributed by atoms with Crippen molar-refractivity contribution in [3.05, 3.63) is 261 Å².